The average molecular weight is 254 g/mol. The lowest BCUT2D eigenvalue weighted by Gasteiger charge is -2.40. The Bertz CT molecular complexity index is 304. The van der Waals surface area contributed by atoms with E-state index in [0.29, 0.717) is 11.8 Å². The Hall–Kier alpha value is -0.570. The van der Waals surface area contributed by atoms with Crippen molar-refractivity contribution < 1.29 is 4.79 Å². The lowest BCUT2D eigenvalue weighted by atomic mass is 9.86. The van der Waals surface area contributed by atoms with Crippen LogP contribution in [0.1, 0.15) is 55.4 Å². The van der Waals surface area contributed by atoms with Gasteiger partial charge >= 0.3 is 0 Å². The molecule has 3 heteroatoms. The van der Waals surface area contributed by atoms with Crippen LogP contribution in [0.4, 0.5) is 0 Å². The highest BCUT2D eigenvalue weighted by Crippen LogP contribution is 2.31. The van der Waals surface area contributed by atoms with Crippen LogP contribution in [0.25, 0.3) is 0 Å². The van der Waals surface area contributed by atoms with Gasteiger partial charge in [0, 0.05) is 6.04 Å². The van der Waals surface area contributed by atoms with Gasteiger partial charge in [0.15, 0.2) is 0 Å². The number of rotatable bonds is 3. The van der Waals surface area contributed by atoms with Crippen LogP contribution in [0.5, 0.6) is 0 Å². The molecule has 1 N–H and O–H groups in total. The number of hydrogen-bond acceptors (Lipinski definition) is 2. The Balaban J connectivity index is 3.02. The minimum Gasteiger partial charge on any atom is -0.322 e. The van der Waals surface area contributed by atoms with Crippen molar-refractivity contribution in [2.45, 2.75) is 73.6 Å². The first kappa shape index (κ1) is 15.5. The fourth-order valence-corrected chi connectivity index (χ4v) is 2.47. The van der Waals surface area contributed by atoms with Gasteiger partial charge in [-0.05, 0) is 24.2 Å². The Morgan fingerprint density at radius 3 is 1.89 bits per heavy atom. The van der Waals surface area contributed by atoms with Gasteiger partial charge in [-0.2, -0.15) is 0 Å². The standard InChI is InChI=1S/C15H30N2O/c1-9(2)12-14(18)17(11(5)15(6,7)8)13(16-12)10(3)4/h9-13,16H,1-8H3. The Labute approximate surface area is 112 Å². The first-order valence-corrected chi connectivity index (χ1v) is 7.15. The van der Waals surface area contributed by atoms with E-state index in [0.717, 1.165) is 0 Å². The lowest BCUT2D eigenvalue weighted by Crippen LogP contribution is -2.50. The second-order valence-electron chi connectivity index (χ2n) is 7.36. The highest BCUT2D eigenvalue weighted by Gasteiger charge is 2.45. The number of carbonyl (C=O) groups excluding carboxylic acids is 1. The van der Waals surface area contributed by atoms with E-state index in [4.69, 9.17) is 0 Å². The molecule has 3 unspecified atom stereocenters. The molecule has 0 aromatic rings. The van der Waals surface area contributed by atoms with Crippen LogP contribution in [0.2, 0.25) is 0 Å². The number of nitrogens with one attached hydrogen (secondary N) is 1. The van der Waals surface area contributed by atoms with E-state index in [2.05, 4.69) is 65.6 Å². The predicted octanol–water partition coefficient (Wildman–Crippen LogP) is 2.86. The minimum atomic E-state index is -0.0257. The predicted molar refractivity (Wildman–Crippen MR) is 76.2 cm³/mol. The van der Waals surface area contributed by atoms with Gasteiger partial charge in [0.2, 0.25) is 5.91 Å². The molecule has 0 aliphatic carbocycles. The molecule has 18 heavy (non-hydrogen) atoms. The molecular formula is C15H30N2O. The SMILES string of the molecule is CC(C)C1NC(C(C)C)N(C(C)C(C)(C)C)C1=O. The molecule has 1 saturated heterocycles. The van der Waals surface area contributed by atoms with Gasteiger partial charge in [-0.15, -0.1) is 0 Å². The zero-order valence-electron chi connectivity index (χ0n) is 13.2. The van der Waals surface area contributed by atoms with Crippen molar-refractivity contribution in [1.82, 2.24) is 10.2 Å². The molecule has 1 rings (SSSR count). The van der Waals surface area contributed by atoms with Crippen LogP contribution >= 0.6 is 0 Å². The molecule has 3 nitrogen and oxygen atoms in total. The molecule has 1 aliphatic rings. The van der Waals surface area contributed by atoms with E-state index in [9.17, 15) is 4.79 Å². The summed E-state index contributed by atoms with van der Waals surface area (Å²) >= 11 is 0. The second-order valence-corrected chi connectivity index (χ2v) is 7.36. The quantitative estimate of drug-likeness (QED) is 0.840. The monoisotopic (exact) mass is 254 g/mol. The summed E-state index contributed by atoms with van der Waals surface area (Å²) in [7, 11) is 0. The largest absolute Gasteiger partial charge is 0.322 e. The van der Waals surface area contributed by atoms with Crippen LogP contribution < -0.4 is 5.32 Å². The Morgan fingerprint density at radius 1 is 1.06 bits per heavy atom. The van der Waals surface area contributed by atoms with Crippen molar-refractivity contribution in [3.05, 3.63) is 0 Å². The van der Waals surface area contributed by atoms with Crippen LogP contribution in [0, 0.1) is 17.3 Å². The minimum absolute atomic E-state index is 0.0257. The molecule has 1 fully saturated rings. The van der Waals surface area contributed by atoms with Crippen LogP contribution in [-0.2, 0) is 4.79 Å². The molecule has 0 aromatic heterocycles. The third-order valence-electron chi connectivity index (χ3n) is 4.14. The molecule has 0 bridgehead atoms. The normalized spacial score (nSPS) is 27.4. The summed E-state index contributed by atoms with van der Waals surface area (Å²) < 4.78 is 0. The van der Waals surface area contributed by atoms with Crippen LogP contribution in [0.15, 0.2) is 0 Å². The molecular weight excluding hydrogens is 224 g/mol. The van der Waals surface area contributed by atoms with Gasteiger partial charge in [0.05, 0.1) is 12.2 Å². The fraction of sp³-hybridized carbons (Fsp3) is 0.933. The molecule has 0 radical (unpaired) electrons. The first-order valence-electron chi connectivity index (χ1n) is 7.15. The summed E-state index contributed by atoms with van der Waals surface area (Å²) in [6, 6.07) is 0.218. The molecule has 1 amide bonds. The Kier molecular flexibility index (Phi) is 4.47. The molecule has 106 valence electrons. The molecule has 3 atom stereocenters. The van der Waals surface area contributed by atoms with Gasteiger partial charge in [-0.3, -0.25) is 10.1 Å². The molecule has 0 spiro atoms. The van der Waals surface area contributed by atoms with E-state index in [1.165, 1.54) is 0 Å². The fourth-order valence-electron chi connectivity index (χ4n) is 2.47. The van der Waals surface area contributed by atoms with Gasteiger partial charge in [0.1, 0.15) is 0 Å². The van der Waals surface area contributed by atoms with E-state index in [-0.39, 0.29) is 29.6 Å². The van der Waals surface area contributed by atoms with Gasteiger partial charge in [-0.1, -0.05) is 48.5 Å². The highest BCUT2D eigenvalue weighted by molar-refractivity contribution is 5.85. The topological polar surface area (TPSA) is 32.3 Å². The maximum absolute atomic E-state index is 12.6. The highest BCUT2D eigenvalue weighted by atomic mass is 16.2. The third kappa shape index (κ3) is 2.87. The smallest absolute Gasteiger partial charge is 0.241 e. The van der Waals surface area contributed by atoms with E-state index >= 15 is 0 Å². The summed E-state index contributed by atoms with van der Waals surface area (Å²) in [4.78, 5) is 14.7. The molecule has 0 saturated carbocycles. The number of hydrogen-bond donors (Lipinski definition) is 1. The summed E-state index contributed by atoms with van der Waals surface area (Å²) in [5.41, 5.74) is 0.107. The first-order chi connectivity index (χ1) is 8.07. The summed E-state index contributed by atoms with van der Waals surface area (Å²) in [6.07, 6.45) is 0.166. The van der Waals surface area contributed by atoms with Crippen LogP contribution in [0.3, 0.4) is 0 Å². The number of nitrogens with zero attached hydrogens (tertiary/aromatic N) is 1. The van der Waals surface area contributed by atoms with Crippen molar-refractivity contribution in [2.75, 3.05) is 0 Å². The van der Waals surface area contributed by atoms with Gasteiger partial charge in [-0.25, -0.2) is 0 Å². The van der Waals surface area contributed by atoms with Crippen molar-refractivity contribution in [3.8, 4) is 0 Å². The zero-order valence-corrected chi connectivity index (χ0v) is 13.2. The molecule has 1 aliphatic heterocycles. The zero-order chi connectivity index (χ0) is 14.2. The van der Waals surface area contributed by atoms with Gasteiger partial charge in [0.25, 0.3) is 0 Å². The second kappa shape index (κ2) is 5.20. The van der Waals surface area contributed by atoms with Crippen LogP contribution in [-0.4, -0.2) is 29.1 Å². The maximum Gasteiger partial charge on any atom is 0.241 e. The maximum atomic E-state index is 12.6. The summed E-state index contributed by atoms with van der Waals surface area (Å²) in [5, 5.41) is 3.52. The van der Waals surface area contributed by atoms with E-state index in [1.54, 1.807) is 0 Å². The van der Waals surface area contributed by atoms with Crippen molar-refractivity contribution in [1.29, 1.82) is 0 Å². The van der Waals surface area contributed by atoms with Crippen molar-refractivity contribution in [2.24, 2.45) is 17.3 Å². The number of amides is 1. The van der Waals surface area contributed by atoms with E-state index < -0.39 is 0 Å². The molecule has 1 heterocycles. The molecule has 0 aromatic carbocycles. The van der Waals surface area contributed by atoms with Crippen molar-refractivity contribution >= 4 is 5.91 Å². The van der Waals surface area contributed by atoms with Gasteiger partial charge < -0.3 is 4.90 Å². The van der Waals surface area contributed by atoms with E-state index in [1.807, 2.05) is 0 Å². The Morgan fingerprint density at radius 2 is 1.56 bits per heavy atom. The third-order valence-corrected chi connectivity index (χ3v) is 4.14. The average Bonchev–Trinajstić information content (AvgIpc) is 2.53. The summed E-state index contributed by atoms with van der Waals surface area (Å²) in [5.74, 6) is 1.05. The number of carbonyl (C=O) groups is 1. The summed E-state index contributed by atoms with van der Waals surface area (Å²) in [6.45, 7) is 17.3. The lowest BCUT2D eigenvalue weighted by molar-refractivity contribution is -0.135. The van der Waals surface area contributed by atoms with Crippen molar-refractivity contribution in [3.63, 3.8) is 0 Å².